The van der Waals surface area contributed by atoms with Crippen molar-refractivity contribution in [3.05, 3.63) is 29.6 Å². The van der Waals surface area contributed by atoms with Gasteiger partial charge in [0.05, 0.1) is 6.61 Å². The Morgan fingerprint density at radius 2 is 1.96 bits per heavy atom. The van der Waals surface area contributed by atoms with Crippen LogP contribution < -0.4 is 11.5 Å². The summed E-state index contributed by atoms with van der Waals surface area (Å²) in [5.41, 5.74) is 9.94. The zero-order valence-electron chi connectivity index (χ0n) is 14.2. The minimum absolute atomic E-state index is 0.0549. The number of benzene rings is 1. The van der Waals surface area contributed by atoms with Gasteiger partial charge in [-0.15, -0.1) is 0 Å². The van der Waals surface area contributed by atoms with E-state index in [1.807, 2.05) is 0 Å². The van der Waals surface area contributed by atoms with Gasteiger partial charge in [0.2, 0.25) is 0 Å². The first-order chi connectivity index (χ1) is 11.9. The van der Waals surface area contributed by atoms with Crippen LogP contribution in [0.4, 0.5) is 27.6 Å². The van der Waals surface area contributed by atoms with E-state index in [0.29, 0.717) is 0 Å². The minimum atomic E-state index is -4.49. The Morgan fingerprint density at radius 3 is 2.54 bits per heavy atom. The number of thioether (sulfide) groups is 1. The molecule has 1 aliphatic rings. The molecule has 0 bridgehead atoms. The van der Waals surface area contributed by atoms with Crippen LogP contribution in [0.15, 0.2) is 23.2 Å². The third kappa shape index (κ3) is 4.06. The predicted octanol–water partition coefficient (Wildman–Crippen LogP) is 3.61. The lowest BCUT2D eigenvalue weighted by atomic mass is 9.73. The second kappa shape index (κ2) is 7.22. The maximum Gasteiger partial charge on any atom is 0.411 e. The fourth-order valence-corrected chi connectivity index (χ4v) is 4.26. The molecule has 0 aromatic heterocycles. The summed E-state index contributed by atoms with van der Waals surface area (Å²) in [4.78, 5) is 4.15. The van der Waals surface area contributed by atoms with E-state index in [1.54, 1.807) is 13.8 Å². The van der Waals surface area contributed by atoms with Gasteiger partial charge < -0.3 is 16.2 Å². The van der Waals surface area contributed by atoms with Gasteiger partial charge in [0.15, 0.2) is 5.17 Å². The molecule has 1 heterocycles. The number of alkyl halides is 4. The number of hydrogen-bond donors (Lipinski definition) is 2. The van der Waals surface area contributed by atoms with Gasteiger partial charge in [0.25, 0.3) is 0 Å². The minimum Gasteiger partial charge on any atom is -0.399 e. The van der Waals surface area contributed by atoms with Crippen molar-refractivity contribution in [3.8, 4) is 0 Å². The summed E-state index contributed by atoms with van der Waals surface area (Å²) in [6.07, 6.45) is -4.49. The van der Waals surface area contributed by atoms with Gasteiger partial charge >= 0.3 is 6.18 Å². The van der Waals surface area contributed by atoms with Crippen molar-refractivity contribution in [2.45, 2.75) is 30.3 Å². The summed E-state index contributed by atoms with van der Waals surface area (Å²) in [6.45, 7) is 0.282. The van der Waals surface area contributed by atoms with Crippen LogP contribution in [0.2, 0.25) is 0 Å². The molecule has 0 fully saturated rings. The first-order valence-corrected chi connectivity index (χ1v) is 8.55. The van der Waals surface area contributed by atoms with E-state index in [-0.39, 0.29) is 23.0 Å². The number of hydrogen-bond acceptors (Lipinski definition) is 5. The maximum atomic E-state index is 14.4. The fourth-order valence-electron chi connectivity index (χ4n) is 3.06. The van der Waals surface area contributed by atoms with Gasteiger partial charge in [-0.3, -0.25) is 0 Å². The van der Waals surface area contributed by atoms with E-state index in [0.717, 1.165) is 17.8 Å². The smallest absolute Gasteiger partial charge is 0.399 e. The number of rotatable bonds is 5. The van der Waals surface area contributed by atoms with Gasteiger partial charge in [-0.05, 0) is 25.1 Å². The lowest BCUT2D eigenvalue weighted by Crippen LogP contribution is -2.53. The molecule has 4 N–H and O–H groups in total. The van der Waals surface area contributed by atoms with E-state index in [4.69, 9.17) is 16.2 Å². The average molecular weight is 397 g/mol. The SMILES string of the molecule is C[C@@H]1[C@@](C)(COCC(F)(F)F)SC(N)=N[C@]1(CF)c1cc(N)ccc1F. The zero-order chi connectivity index (χ0) is 19.8. The molecule has 10 heteroatoms. The standard InChI is InChI=1S/C16H20F5N3OS/c1-9-14(2,7-25-8-16(19,20)21)26-13(23)24-15(9,6-17)11-5-10(22)3-4-12(11)18/h3-5,9H,6-8,22H2,1-2H3,(H2,23,24)/t9-,14-,15+/m1/s1. The summed E-state index contributed by atoms with van der Waals surface area (Å²) in [5, 5.41) is -0.0549. The van der Waals surface area contributed by atoms with Crippen molar-refractivity contribution >= 4 is 22.6 Å². The number of nitrogen functional groups attached to an aromatic ring is 1. The second-order valence-electron chi connectivity index (χ2n) is 6.49. The third-order valence-corrected chi connectivity index (χ3v) is 5.83. The predicted molar refractivity (Wildman–Crippen MR) is 92.1 cm³/mol. The average Bonchev–Trinajstić information content (AvgIpc) is 2.52. The topological polar surface area (TPSA) is 73.6 Å². The van der Waals surface area contributed by atoms with Crippen LogP contribution in [0, 0.1) is 11.7 Å². The highest BCUT2D eigenvalue weighted by molar-refractivity contribution is 8.15. The van der Waals surface area contributed by atoms with Crippen LogP contribution in [0.25, 0.3) is 0 Å². The molecule has 0 aliphatic carbocycles. The molecular weight excluding hydrogens is 377 g/mol. The van der Waals surface area contributed by atoms with Gasteiger partial charge in [-0.25, -0.2) is 13.8 Å². The summed E-state index contributed by atoms with van der Waals surface area (Å²) in [6, 6.07) is 3.70. The number of anilines is 1. The van der Waals surface area contributed by atoms with Crippen molar-refractivity contribution in [2.75, 3.05) is 25.6 Å². The number of nitrogens with zero attached hydrogens (tertiary/aromatic N) is 1. The molecule has 0 amide bonds. The van der Waals surface area contributed by atoms with Crippen molar-refractivity contribution in [2.24, 2.45) is 16.6 Å². The molecule has 26 heavy (non-hydrogen) atoms. The summed E-state index contributed by atoms with van der Waals surface area (Å²) in [5.74, 6) is -1.45. The molecule has 0 saturated heterocycles. The molecule has 4 nitrogen and oxygen atoms in total. The Kier molecular flexibility index (Phi) is 5.77. The maximum absolute atomic E-state index is 14.4. The van der Waals surface area contributed by atoms with Crippen molar-refractivity contribution < 1.29 is 26.7 Å². The largest absolute Gasteiger partial charge is 0.411 e. The van der Waals surface area contributed by atoms with E-state index in [2.05, 4.69) is 4.99 Å². The quantitative estimate of drug-likeness (QED) is 0.588. The highest BCUT2D eigenvalue weighted by atomic mass is 32.2. The van der Waals surface area contributed by atoms with Gasteiger partial charge in [0.1, 0.15) is 24.6 Å². The van der Waals surface area contributed by atoms with Gasteiger partial charge in [0, 0.05) is 21.9 Å². The van der Waals surface area contributed by atoms with E-state index in [9.17, 15) is 22.0 Å². The van der Waals surface area contributed by atoms with E-state index in [1.165, 1.54) is 12.1 Å². The summed E-state index contributed by atoms with van der Waals surface area (Å²) < 4.78 is 69.5. The lowest BCUT2D eigenvalue weighted by Gasteiger charge is -2.47. The molecule has 0 spiro atoms. The second-order valence-corrected chi connectivity index (χ2v) is 8.05. The Morgan fingerprint density at radius 1 is 1.31 bits per heavy atom. The zero-order valence-corrected chi connectivity index (χ0v) is 15.1. The van der Waals surface area contributed by atoms with Crippen LogP contribution in [-0.4, -0.2) is 36.0 Å². The first-order valence-electron chi connectivity index (χ1n) is 7.74. The van der Waals surface area contributed by atoms with E-state index >= 15 is 0 Å². The van der Waals surface area contributed by atoms with Crippen molar-refractivity contribution in [1.82, 2.24) is 0 Å². The highest BCUT2D eigenvalue weighted by Crippen LogP contribution is 2.51. The van der Waals surface area contributed by atoms with Crippen LogP contribution in [0.5, 0.6) is 0 Å². The lowest BCUT2D eigenvalue weighted by molar-refractivity contribution is -0.176. The Hall–Kier alpha value is -1.55. The molecule has 1 aromatic carbocycles. The molecule has 2 rings (SSSR count). The number of halogens is 5. The fraction of sp³-hybridized carbons (Fsp3) is 0.562. The molecule has 0 saturated carbocycles. The van der Waals surface area contributed by atoms with Crippen molar-refractivity contribution in [1.29, 1.82) is 0 Å². The highest BCUT2D eigenvalue weighted by Gasteiger charge is 2.53. The molecular formula is C16H20F5N3OS. The first kappa shape index (κ1) is 20.8. The Bertz CT molecular complexity index is 699. The van der Waals surface area contributed by atoms with E-state index < -0.39 is 41.5 Å². The summed E-state index contributed by atoms with van der Waals surface area (Å²) >= 11 is 0.985. The molecule has 1 aliphatic heterocycles. The monoisotopic (exact) mass is 397 g/mol. The molecule has 146 valence electrons. The van der Waals surface area contributed by atoms with Crippen LogP contribution in [0.3, 0.4) is 0 Å². The Labute approximate surface area is 152 Å². The summed E-state index contributed by atoms with van der Waals surface area (Å²) in [7, 11) is 0. The number of nitrogens with two attached hydrogens (primary N) is 2. The molecule has 1 aromatic rings. The van der Waals surface area contributed by atoms with Gasteiger partial charge in [-0.2, -0.15) is 13.2 Å². The van der Waals surface area contributed by atoms with Crippen molar-refractivity contribution in [3.63, 3.8) is 0 Å². The number of ether oxygens (including phenoxy) is 1. The molecule has 3 atom stereocenters. The number of amidine groups is 1. The molecule has 0 unspecified atom stereocenters. The molecule has 0 radical (unpaired) electrons. The third-order valence-electron chi connectivity index (χ3n) is 4.59. The normalized spacial score (nSPS) is 29.5. The van der Waals surface area contributed by atoms with Crippen LogP contribution >= 0.6 is 11.8 Å². The Balaban J connectivity index is 2.44. The van der Waals surface area contributed by atoms with Crippen LogP contribution in [0.1, 0.15) is 19.4 Å². The van der Waals surface area contributed by atoms with Gasteiger partial charge in [-0.1, -0.05) is 18.7 Å². The number of aliphatic imine (C=N–C) groups is 1. The van der Waals surface area contributed by atoms with Crippen LogP contribution in [-0.2, 0) is 10.3 Å².